The second-order valence-corrected chi connectivity index (χ2v) is 4.45. The number of nitrogens with zero attached hydrogens (tertiary/aromatic N) is 1. The van der Waals surface area contributed by atoms with Crippen LogP contribution < -0.4 is 0 Å². The summed E-state index contributed by atoms with van der Waals surface area (Å²) in [5.41, 5.74) is -0.178. The van der Waals surface area contributed by atoms with E-state index in [1.165, 1.54) is 18.2 Å². The lowest BCUT2D eigenvalue weighted by Gasteiger charge is -2.23. The zero-order chi connectivity index (χ0) is 14.5. The number of nitro groups is 1. The Labute approximate surface area is 112 Å². The van der Waals surface area contributed by atoms with Gasteiger partial charge in [0.15, 0.2) is 0 Å². The minimum atomic E-state index is -0.884. The maximum atomic E-state index is 11.9. The summed E-state index contributed by atoms with van der Waals surface area (Å²) < 4.78 is 5.00. The largest absolute Gasteiger partial charge is 0.465 e. The van der Waals surface area contributed by atoms with Crippen LogP contribution in [0.15, 0.2) is 36.9 Å². The molecule has 0 saturated heterocycles. The van der Waals surface area contributed by atoms with Crippen LogP contribution in [-0.2, 0) is 16.0 Å². The molecule has 0 saturated carbocycles. The molecule has 0 aliphatic heterocycles. The molecule has 1 rings (SSSR count). The maximum absolute atomic E-state index is 11.9. The number of hydrogen-bond acceptors (Lipinski definition) is 4. The highest BCUT2D eigenvalue weighted by Gasteiger charge is 2.32. The van der Waals surface area contributed by atoms with Crippen molar-refractivity contribution < 1.29 is 14.5 Å². The third-order valence-corrected chi connectivity index (χ3v) is 2.89. The van der Waals surface area contributed by atoms with Gasteiger partial charge in [-0.2, -0.15) is 0 Å². The summed E-state index contributed by atoms with van der Waals surface area (Å²) in [6, 6.07) is 6.22. The minimum Gasteiger partial charge on any atom is -0.465 e. The zero-order valence-electron chi connectivity index (χ0n) is 11.1. The summed E-state index contributed by atoms with van der Waals surface area (Å²) in [5, 5.41) is 10.7. The van der Waals surface area contributed by atoms with Crippen LogP contribution in [0.2, 0.25) is 0 Å². The Balaban J connectivity index is 2.98. The lowest BCUT2D eigenvalue weighted by molar-refractivity contribution is -0.384. The van der Waals surface area contributed by atoms with Gasteiger partial charge in [0.05, 0.1) is 16.9 Å². The zero-order valence-corrected chi connectivity index (χ0v) is 11.1. The van der Waals surface area contributed by atoms with E-state index in [0.717, 1.165) is 0 Å². The van der Waals surface area contributed by atoms with Gasteiger partial charge in [-0.3, -0.25) is 14.9 Å². The average Bonchev–Trinajstić information content (AvgIpc) is 2.39. The molecule has 0 aromatic heterocycles. The fourth-order valence-corrected chi connectivity index (χ4v) is 1.73. The van der Waals surface area contributed by atoms with Crippen molar-refractivity contribution in [1.82, 2.24) is 0 Å². The standard InChI is InChI=1S/C14H17NO4/c1-4-14(3,13(16)19-5-2)10-11-7-6-8-12(9-11)15(17)18/h4,6-9H,1,5,10H2,2-3H3. The van der Waals surface area contributed by atoms with Crippen molar-refractivity contribution in [1.29, 1.82) is 0 Å². The monoisotopic (exact) mass is 263 g/mol. The molecule has 1 aromatic carbocycles. The van der Waals surface area contributed by atoms with E-state index < -0.39 is 10.3 Å². The van der Waals surface area contributed by atoms with E-state index in [4.69, 9.17) is 4.74 Å². The molecule has 0 bridgehead atoms. The molecule has 1 atom stereocenters. The van der Waals surface area contributed by atoms with Gasteiger partial charge >= 0.3 is 5.97 Å². The Kier molecular flexibility index (Phi) is 4.80. The Bertz CT molecular complexity index is 498. The van der Waals surface area contributed by atoms with Crippen LogP contribution in [0.5, 0.6) is 0 Å². The molecule has 0 N–H and O–H groups in total. The van der Waals surface area contributed by atoms with Gasteiger partial charge in [0.1, 0.15) is 0 Å². The van der Waals surface area contributed by atoms with Crippen molar-refractivity contribution >= 4 is 11.7 Å². The quantitative estimate of drug-likeness (QED) is 0.342. The summed E-state index contributed by atoms with van der Waals surface area (Å²) in [7, 11) is 0. The second-order valence-electron chi connectivity index (χ2n) is 4.45. The third kappa shape index (κ3) is 3.64. The second kappa shape index (κ2) is 6.13. The van der Waals surface area contributed by atoms with Gasteiger partial charge in [0.25, 0.3) is 5.69 Å². The maximum Gasteiger partial charge on any atom is 0.315 e. The minimum absolute atomic E-state index is 0.00720. The number of ether oxygens (including phenoxy) is 1. The number of carbonyl (C=O) groups excluding carboxylic acids is 1. The van der Waals surface area contributed by atoms with Crippen molar-refractivity contribution in [2.75, 3.05) is 6.61 Å². The lowest BCUT2D eigenvalue weighted by Crippen LogP contribution is -2.30. The van der Waals surface area contributed by atoms with Gasteiger partial charge in [0.2, 0.25) is 0 Å². The van der Waals surface area contributed by atoms with E-state index in [0.29, 0.717) is 12.0 Å². The van der Waals surface area contributed by atoms with E-state index in [2.05, 4.69) is 6.58 Å². The first-order valence-electron chi connectivity index (χ1n) is 5.97. The highest BCUT2D eigenvalue weighted by Crippen LogP contribution is 2.27. The number of rotatable bonds is 6. The number of benzene rings is 1. The van der Waals surface area contributed by atoms with Crippen LogP contribution in [-0.4, -0.2) is 17.5 Å². The molecule has 0 fully saturated rings. The summed E-state index contributed by atoms with van der Waals surface area (Å²) in [6.07, 6.45) is 1.83. The first kappa shape index (κ1) is 14.9. The molecule has 0 amide bonds. The van der Waals surface area contributed by atoms with Gasteiger partial charge < -0.3 is 4.74 Å². The molecule has 19 heavy (non-hydrogen) atoms. The Morgan fingerprint density at radius 1 is 1.58 bits per heavy atom. The fraction of sp³-hybridized carbons (Fsp3) is 0.357. The number of carbonyl (C=O) groups is 1. The van der Waals surface area contributed by atoms with Crippen LogP contribution in [0.3, 0.4) is 0 Å². The van der Waals surface area contributed by atoms with Crippen LogP contribution >= 0.6 is 0 Å². The summed E-state index contributed by atoms with van der Waals surface area (Å²) in [6.45, 7) is 7.38. The molecule has 0 aliphatic rings. The van der Waals surface area contributed by atoms with Gasteiger partial charge in [0, 0.05) is 12.1 Å². The molecule has 0 aliphatic carbocycles. The molecule has 102 valence electrons. The first-order valence-corrected chi connectivity index (χ1v) is 5.97. The van der Waals surface area contributed by atoms with E-state index >= 15 is 0 Å². The van der Waals surface area contributed by atoms with E-state index in [1.807, 2.05) is 0 Å². The van der Waals surface area contributed by atoms with Crippen molar-refractivity contribution in [2.45, 2.75) is 20.3 Å². The van der Waals surface area contributed by atoms with Crippen LogP contribution in [0.4, 0.5) is 5.69 Å². The molecule has 5 heteroatoms. The smallest absolute Gasteiger partial charge is 0.315 e. The van der Waals surface area contributed by atoms with Crippen molar-refractivity contribution in [3.8, 4) is 0 Å². The van der Waals surface area contributed by atoms with Crippen LogP contribution in [0.1, 0.15) is 19.4 Å². The number of hydrogen-bond donors (Lipinski definition) is 0. The van der Waals surface area contributed by atoms with E-state index in [1.54, 1.807) is 26.0 Å². The highest BCUT2D eigenvalue weighted by molar-refractivity contribution is 5.79. The topological polar surface area (TPSA) is 69.4 Å². The molecule has 1 aromatic rings. The van der Waals surface area contributed by atoms with Crippen molar-refractivity contribution in [3.05, 3.63) is 52.6 Å². The molecule has 1 unspecified atom stereocenters. The number of nitro benzene ring substituents is 1. The van der Waals surface area contributed by atoms with Gasteiger partial charge in [-0.1, -0.05) is 18.2 Å². The summed E-state index contributed by atoms with van der Waals surface area (Å²) >= 11 is 0. The van der Waals surface area contributed by atoms with Gasteiger partial charge in [-0.15, -0.1) is 6.58 Å². The number of esters is 1. The van der Waals surface area contributed by atoms with Crippen molar-refractivity contribution in [3.63, 3.8) is 0 Å². The van der Waals surface area contributed by atoms with Crippen LogP contribution in [0.25, 0.3) is 0 Å². The molecule has 5 nitrogen and oxygen atoms in total. The molecule has 0 radical (unpaired) electrons. The Morgan fingerprint density at radius 2 is 2.26 bits per heavy atom. The first-order chi connectivity index (χ1) is 8.92. The third-order valence-electron chi connectivity index (χ3n) is 2.89. The number of non-ortho nitro benzene ring substituents is 1. The SMILES string of the molecule is C=CC(C)(Cc1cccc([N+](=O)[O-])c1)C(=O)OCC. The fourth-order valence-electron chi connectivity index (χ4n) is 1.73. The Morgan fingerprint density at radius 3 is 2.79 bits per heavy atom. The molecule has 0 spiro atoms. The van der Waals surface area contributed by atoms with Gasteiger partial charge in [-0.05, 0) is 25.8 Å². The average molecular weight is 263 g/mol. The Hall–Kier alpha value is -2.17. The summed E-state index contributed by atoms with van der Waals surface area (Å²) in [5.74, 6) is -0.378. The molecular weight excluding hydrogens is 246 g/mol. The van der Waals surface area contributed by atoms with E-state index in [9.17, 15) is 14.9 Å². The van der Waals surface area contributed by atoms with Crippen LogP contribution in [0, 0.1) is 15.5 Å². The van der Waals surface area contributed by atoms with E-state index in [-0.39, 0.29) is 18.3 Å². The molecule has 0 heterocycles. The van der Waals surface area contributed by atoms with Crippen molar-refractivity contribution in [2.24, 2.45) is 5.41 Å². The normalized spacial score (nSPS) is 13.4. The highest BCUT2D eigenvalue weighted by atomic mass is 16.6. The molecular formula is C14H17NO4. The lowest BCUT2D eigenvalue weighted by atomic mass is 9.83. The predicted molar refractivity (Wildman–Crippen MR) is 71.7 cm³/mol. The predicted octanol–water partition coefficient (Wildman–Crippen LogP) is 2.89. The van der Waals surface area contributed by atoms with Gasteiger partial charge in [-0.25, -0.2) is 0 Å². The summed E-state index contributed by atoms with van der Waals surface area (Å²) in [4.78, 5) is 22.2.